The number of unbranched alkanes of at least 4 members (excludes halogenated alkanes) is 1. The standard InChI is InChI=1S/C38H28BrCl2N3O11S/c39-19-12-28(41)34(48)32(13-19)56(52,53)44-29-15-20(40)14-24(33(29)47)36(50)43-10-2-1-9-42-35(49)18-3-6-25-23(11-18)37(51)55-38(25)26-7-4-21(45)16-30(26)54-31-17-22(46)5-8-27(31)38/h3-8,11-17,44-48H,1-2,9-10H2,(H,42,49)(H,43,50). The van der Waals surface area contributed by atoms with Gasteiger partial charge in [-0.3, -0.25) is 14.3 Å². The van der Waals surface area contributed by atoms with Gasteiger partial charge >= 0.3 is 5.97 Å². The Balaban J connectivity index is 0.975. The summed E-state index contributed by atoms with van der Waals surface area (Å²) in [6.07, 6.45) is 0.807. The van der Waals surface area contributed by atoms with Crippen molar-refractivity contribution in [2.75, 3.05) is 17.8 Å². The molecule has 0 saturated heterocycles. The van der Waals surface area contributed by atoms with E-state index in [4.69, 9.17) is 32.7 Å². The van der Waals surface area contributed by atoms with E-state index >= 15 is 0 Å². The van der Waals surface area contributed by atoms with E-state index in [9.17, 15) is 43.2 Å². The van der Waals surface area contributed by atoms with Crippen molar-refractivity contribution in [3.63, 3.8) is 0 Å². The molecule has 7 N–H and O–H groups in total. The molecule has 5 aromatic carbocycles. The lowest BCUT2D eigenvalue weighted by Crippen LogP contribution is -2.33. The molecule has 7 rings (SSSR count). The third-order valence-corrected chi connectivity index (χ3v) is 11.4. The summed E-state index contributed by atoms with van der Waals surface area (Å²) in [5, 5.41) is 46.4. The first-order valence-corrected chi connectivity index (χ1v) is 19.6. The maximum Gasteiger partial charge on any atom is 0.340 e. The number of hydrogen-bond donors (Lipinski definition) is 7. The van der Waals surface area contributed by atoms with Gasteiger partial charge in [0, 0.05) is 57.0 Å². The van der Waals surface area contributed by atoms with Gasteiger partial charge < -0.3 is 40.5 Å². The first-order valence-electron chi connectivity index (χ1n) is 16.6. The quantitative estimate of drug-likeness (QED) is 0.0435. The van der Waals surface area contributed by atoms with E-state index in [1.165, 1.54) is 36.4 Å². The Hall–Kier alpha value is -5.68. The number of ether oxygens (including phenoxy) is 2. The minimum absolute atomic E-state index is 0.0668. The van der Waals surface area contributed by atoms with Gasteiger partial charge in [0.05, 0.1) is 21.8 Å². The van der Waals surface area contributed by atoms with E-state index in [0.717, 1.165) is 18.2 Å². The van der Waals surface area contributed by atoms with Gasteiger partial charge in [0.25, 0.3) is 21.8 Å². The van der Waals surface area contributed by atoms with Crippen LogP contribution in [0.3, 0.4) is 0 Å². The molecule has 0 unspecified atom stereocenters. The molecule has 14 nitrogen and oxygen atoms in total. The Labute approximate surface area is 336 Å². The fourth-order valence-electron chi connectivity index (χ4n) is 6.49. The third-order valence-electron chi connectivity index (χ3n) is 9.06. The van der Waals surface area contributed by atoms with E-state index in [-0.39, 0.29) is 67.3 Å². The summed E-state index contributed by atoms with van der Waals surface area (Å²) >= 11 is 15.2. The minimum Gasteiger partial charge on any atom is -0.508 e. The number of rotatable bonds is 10. The zero-order valence-corrected chi connectivity index (χ0v) is 32.4. The number of amides is 2. The number of sulfonamides is 1. The number of aromatic hydroxyl groups is 4. The van der Waals surface area contributed by atoms with Gasteiger partial charge in [-0.2, -0.15) is 0 Å². The summed E-state index contributed by atoms with van der Waals surface area (Å²) in [4.78, 5) is 38.9. The molecule has 0 atom stereocenters. The fraction of sp³-hybridized carbons (Fsp3) is 0.132. The molecular weight excluding hydrogens is 857 g/mol. The Morgan fingerprint density at radius 1 is 0.750 bits per heavy atom. The monoisotopic (exact) mass is 883 g/mol. The Morgan fingerprint density at radius 3 is 2.00 bits per heavy atom. The Morgan fingerprint density at radius 2 is 1.36 bits per heavy atom. The average Bonchev–Trinajstić information content (AvgIpc) is 3.43. The maximum absolute atomic E-state index is 13.4. The molecule has 0 radical (unpaired) electrons. The molecule has 18 heteroatoms. The highest BCUT2D eigenvalue weighted by atomic mass is 79.9. The lowest BCUT2D eigenvalue weighted by molar-refractivity contribution is 0.0224. The van der Waals surface area contributed by atoms with Crippen LogP contribution in [0, 0.1) is 0 Å². The predicted molar refractivity (Wildman–Crippen MR) is 207 cm³/mol. The summed E-state index contributed by atoms with van der Waals surface area (Å²) in [5.41, 5.74) is -0.521. The molecule has 5 aromatic rings. The zero-order chi connectivity index (χ0) is 40.1. The van der Waals surface area contributed by atoms with Crippen LogP contribution in [-0.4, -0.2) is 59.7 Å². The molecular formula is C38H28BrCl2N3O11S. The van der Waals surface area contributed by atoms with Crippen molar-refractivity contribution in [3.8, 4) is 34.5 Å². The van der Waals surface area contributed by atoms with Gasteiger partial charge in [0.15, 0.2) is 17.1 Å². The summed E-state index contributed by atoms with van der Waals surface area (Å²) in [7, 11) is -4.50. The molecule has 1 spiro atoms. The van der Waals surface area contributed by atoms with Gasteiger partial charge in [0.1, 0.15) is 27.9 Å². The first-order chi connectivity index (χ1) is 26.6. The molecule has 2 amide bonds. The number of phenols is 4. The van der Waals surface area contributed by atoms with E-state index in [2.05, 4.69) is 31.3 Å². The number of esters is 1. The number of fused-ring (bicyclic) bond motifs is 6. The maximum atomic E-state index is 13.4. The molecule has 0 bridgehead atoms. The zero-order valence-electron chi connectivity index (χ0n) is 28.5. The molecule has 0 aliphatic carbocycles. The first kappa shape index (κ1) is 38.6. The minimum atomic E-state index is -4.50. The van der Waals surface area contributed by atoms with Gasteiger partial charge in [-0.25, -0.2) is 13.2 Å². The molecule has 0 saturated carbocycles. The fourth-order valence-corrected chi connectivity index (χ4v) is 8.93. The second-order valence-electron chi connectivity index (χ2n) is 12.7. The van der Waals surface area contributed by atoms with Crippen LogP contribution in [-0.2, 0) is 20.4 Å². The average molecular weight is 886 g/mol. The van der Waals surface area contributed by atoms with E-state index in [1.807, 2.05) is 0 Å². The number of carbonyl (C=O) groups excluding carboxylic acids is 3. The number of carbonyl (C=O) groups is 3. The molecule has 288 valence electrons. The Bertz CT molecular complexity index is 2550. The number of hydrogen-bond acceptors (Lipinski definition) is 11. The molecule has 0 fully saturated rings. The van der Waals surface area contributed by atoms with E-state index < -0.39 is 55.5 Å². The predicted octanol–water partition coefficient (Wildman–Crippen LogP) is 6.89. The number of benzene rings is 5. The topological polar surface area (TPSA) is 221 Å². The van der Waals surface area contributed by atoms with Crippen LogP contribution in [0.5, 0.6) is 34.5 Å². The molecule has 2 aliphatic heterocycles. The smallest absolute Gasteiger partial charge is 0.340 e. The van der Waals surface area contributed by atoms with Crippen LogP contribution < -0.4 is 20.1 Å². The van der Waals surface area contributed by atoms with Crippen LogP contribution >= 0.6 is 39.1 Å². The lowest BCUT2D eigenvalue weighted by atomic mass is 9.77. The number of anilines is 1. The van der Waals surface area contributed by atoms with Crippen molar-refractivity contribution in [1.82, 2.24) is 10.6 Å². The third kappa shape index (κ3) is 7.00. The summed E-state index contributed by atoms with van der Waals surface area (Å²) in [5.74, 6) is -3.04. The SMILES string of the molecule is O=C(NCCCCNC(=O)c1cc(Cl)cc(NS(=O)(=O)c2cc(Br)cc(Cl)c2O)c1O)c1ccc2c(c1)C(=O)OC21c2ccc(O)cc2Oc2cc(O)ccc21. The van der Waals surface area contributed by atoms with Crippen LogP contribution in [0.25, 0.3) is 0 Å². The van der Waals surface area contributed by atoms with Gasteiger partial charge in [-0.05, 0) is 73.5 Å². The molecule has 2 aliphatic rings. The van der Waals surface area contributed by atoms with Crippen LogP contribution in [0.15, 0.2) is 88.2 Å². The van der Waals surface area contributed by atoms with Crippen LogP contribution in [0.2, 0.25) is 10.0 Å². The van der Waals surface area contributed by atoms with Crippen LogP contribution in [0.4, 0.5) is 5.69 Å². The largest absolute Gasteiger partial charge is 0.508 e. The lowest BCUT2D eigenvalue weighted by Gasteiger charge is -2.36. The highest BCUT2D eigenvalue weighted by molar-refractivity contribution is 9.10. The molecule has 56 heavy (non-hydrogen) atoms. The van der Waals surface area contributed by atoms with Gasteiger partial charge in [0.2, 0.25) is 0 Å². The number of halogens is 3. The summed E-state index contributed by atoms with van der Waals surface area (Å²) in [6.45, 7) is 0.313. The van der Waals surface area contributed by atoms with E-state index in [0.29, 0.717) is 29.5 Å². The highest BCUT2D eigenvalue weighted by Crippen LogP contribution is 2.57. The molecule has 2 heterocycles. The van der Waals surface area contributed by atoms with Crippen molar-refractivity contribution >= 4 is 72.6 Å². The second-order valence-corrected chi connectivity index (χ2v) is 16.1. The normalized spacial score (nSPS) is 13.5. The number of phenolic OH excluding ortho intramolecular Hbond substituents is 4. The van der Waals surface area contributed by atoms with Crippen LogP contribution in [0.1, 0.15) is 60.6 Å². The summed E-state index contributed by atoms with van der Waals surface area (Å²) < 4.78 is 40.5. The second kappa shape index (κ2) is 14.8. The van der Waals surface area contributed by atoms with Gasteiger partial charge in [-0.1, -0.05) is 45.2 Å². The van der Waals surface area contributed by atoms with Crippen molar-refractivity contribution < 1.29 is 52.7 Å². The molecule has 0 aromatic heterocycles. The van der Waals surface area contributed by atoms with E-state index in [1.54, 1.807) is 24.3 Å². The van der Waals surface area contributed by atoms with Gasteiger partial charge in [-0.15, -0.1) is 0 Å². The van der Waals surface area contributed by atoms with Crippen molar-refractivity contribution in [2.24, 2.45) is 0 Å². The summed E-state index contributed by atoms with van der Waals surface area (Å²) in [6, 6.07) is 18.0. The van der Waals surface area contributed by atoms with Crippen molar-refractivity contribution in [1.29, 1.82) is 0 Å². The van der Waals surface area contributed by atoms with Crippen molar-refractivity contribution in [3.05, 3.63) is 127 Å². The van der Waals surface area contributed by atoms with Crippen molar-refractivity contribution in [2.45, 2.75) is 23.3 Å². The highest BCUT2D eigenvalue weighted by Gasteiger charge is 2.53. The number of nitrogens with one attached hydrogen (secondary N) is 3. The Kier molecular flexibility index (Phi) is 10.2.